The van der Waals surface area contributed by atoms with Gasteiger partial charge in [-0.1, -0.05) is 39.8 Å². The minimum atomic E-state index is 0.145. The molecular formula is C19H30N2O. The molecule has 4 atom stereocenters. The summed E-state index contributed by atoms with van der Waals surface area (Å²) in [5.74, 6) is 1.67. The average molecular weight is 302 g/mol. The van der Waals surface area contributed by atoms with Crippen molar-refractivity contribution < 1.29 is 5.11 Å². The van der Waals surface area contributed by atoms with E-state index in [1.165, 1.54) is 12.1 Å². The molecule has 1 aromatic rings. The van der Waals surface area contributed by atoms with Gasteiger partial charge in [0.05, 0.1) is 0 Å². The third kappa shape index (κ3) is 2.77. The quantitative estimate of drug-likeness (QED) is 0.881. The number of aromatic hydroxyl groups is 1. The number of hydrogen-bond donors (Lipinski definition) is 2. The summed E-state index contributed by atoms with van der Waals surface area (Å²) in [7, 11) is 0. The number of nitrogens with zero attached hydrogens (tertiary/aromatic N) is 1. The van der Waals surface area contributed by atoms with Gasteiger partial charge in [0.1, 0.15) is 5.75 Å². The summed E-state index contributed by atoms with van der Waals surface area (Å²) in [4.78, 5) is 2.69. The molecule has 22 heavy (non-hydrogen) atoms. The Morgan fingerprint density at radius 1 is 1.32 bits per heavy atom. The molecule has 0 spiro atoms. The molecule has 3 heteroatoms. The second-order valence-corrected chi connectivity index (χ2v) is 7.94. The molecule has 1 aromatic carbocycles. The Morgan fingerprint density at radius 3 is 2.77 bits per heavy atom. The van der Waals surface area contributed by atoms with E-state index < -0.39 is 0 Å². The Hall–Kier alpha value is -1.06. The van der Waals surface area contributed by atoms with Gasteiger partial charge in [-0.15, -0.1) is 0 Å². The van der Waals surface area contributed by atoms with Gasteiger partial charge in [0.15, 0.2) is 0 Å². The van der Waals surface area contributed by atoms with Crippen molar-refractivity contribution in [2.45, 2.75) is 51.6 Å². The zero-order valence-electron chi connectivity index (χ0n) is 14.3. The zero-order valence-corrected chi connectivity index (χ0v) is 14.3. The highest BCUT2D eigenvalue weighted by Crippen LogP contribution is 2.43. The van der Waals surface area contributed by atoms with Gasteiger partial charge in [-0.2, -0.15) is 0 Å². The normalized spacial score (nSPS) is 36.3. The molecule has 3 rings (SSSR count). The molecule has 2 heterocycles. The van der Waals surface area contributed by atoms with Crippen LogP contribution in [0.2, 0.25) is 0 Å². The number of phenolic OH excluding ortho intramolecular Hbond substituents is 1. The van der Waals surface area contributed by atoms with Gasteiger partial charge in [0.25, 0.3) is 0 Å². The van der Waals surface area contributed by atoms with Crippen molar-refractivity contribution in [3.8, 4) is 5.75 Å². The van der Waals surface area contributed by atoms with E-state index in [0.29, 0.717) is 29.7 Å². The minimum absolute atomic E-state index is 0.145. The van der Waals surface area contributed by atoms with Crippen molar-refractivity contribution in [1.29, 1.82) is 0 Å². The molecule has 3 nitrogen and oxygen atoms in total. The predicted octanol–water partition coefficient (Wildman–Crippen LogP) is 2.99. The van der Waals surface area contributed by atoms with Crippen molar-refractivity contribution in [1.82, 2.24) is 10.2 Å². The highest BCUT2D eigenvalue weighted by molar-refractivity contribution is 5.34. The minimum Gasteiger partial charge on any atom is -0.508 e. The fourth-order valence-corrected chi connectivity index (χ4v) is 4.26. The number of piperazine rings is 1. The lowest BCUT2D eigenvalue weighted by Gasteiger charge is -2.53. The summed E-state index contributed by atoms with van der Waals surface area (Å²) in [6.07, 6.45) is 1.16. The number of hydrogen-bond acceptors (Lipinski definition) is 3. The summed E-state index contributed by atoms with van der Waals surface area (Å²) in [5.41, 5.74) is 1.43. The summed E-state index contributed by atoms with van der Waals surface area (Å²) in [6.45, 7) is 12.8. The van der Waals surface area contributed by atoms with E-state index in [1.807, 2.05) is 12.1 Å². The van der Waals surface area contributed by atoms with Crippen LogP contribution in [0.25, 0.3) is 0 Å². The fourth-order valence-electron chi connectivity index (χ4n) is 4.26. The van der Waals surface area contributed by atoms with Crippen LogP contribution < -0.4 is 5.32 Å². The van der Waals surface area contributed by atoms with E-state index in [1.54, 1.807) is 6.07 Å². The van der Waals surface area contributed by atoms with E-state index in [4.69, 9.17) is 0 Å². The standard InChI is InChI=1S/C19H30N2O/c1-13(2)18-12-21-11-14(3)19(4,9-16(21)10-20-18)15-6-5-7-17(22)8-15/h5-8,13-14,16,18,20,22H,9-12H2,1-4H3/t14-,16+,18+,19?/m0/s1. The van der Waals surface area contributed by atoms with Gasteiger partial charge >= 0.3 is 0 Å². The van der Waals surface area contributed by atoms with Crippen molar-refractivity contribution in [2.75, 3.05) is 19.6 Å². The first kappa shape index (κ1) is 15.8. The molecule has 0 aliphatic carbocycles. The number of rotatable bonds is 2. The molecular weight excluding hydrogens is 272 g/mol. The van der Waals surface area contributed by atoms with Crippen molar-refractivity contribution in [3.63, 3.8) is 0 Å². The maximum atomic E-state index is 9.85. The molecule has 0 amide bonds. The Bertz CT molecular complexity index is 530. The van der Waals surface area contributed by atoms with Crippen LogP contribution in [0.3, 0.4) is 0 Å². The first-order valence-electron chi connectivity index (χ1n) is 8.67. The first-order valence-corrected chi connectivity index (χ1v) is 8.67. The zero-order chi connectivity index (χ0) is 15.9. The molecule has 2 aliphatic rings. The van der Waals surface area contributed by atoms with Crippen LogP contribution in [0, 0.1) is 11.8 Å². The summed E-state index contributed by atoms with van der Waals surface area (Å²) in [5, 5.41) is 13.6. The molecule has 2 N–H and O–H groups in total. The molecule has 0 radical (unpaired) electrons. The lowest BCUT2D eigenvalue weighted by Crippen LogP contribution is -2.64. The lowest BCUT2D eigenvalue weighted by atomic mass is 9.65. The van der Waals surface area contributed by atoms with Gasteiger partial charge in [-0.25, -0.2) is 0 Å². The number of benzene rings is 1. The van der Waals surface area contributed by atoms with Gasteiger partial charge in [0.2, 0.25) is 0 Å². The summed E-state index contributed by atoms with van der Waals surface area (Å²) < 4.78 is 0. The number of nitrogens with one attached hydrogen (secondary N) is 1. The Labute approximate surface area is 134 Å². The average Bonchev–Trinajstić information content (AvgIpc) is 2.48. The molecule has 1 unspecified atom stereocenters. The maximum Gasteiger partial charge on any atom is 0.115 e. The van der Waals surface area contributed by atoms with Crippen LogP contribution in [-0.4, -0.2) is 41.7 Å². The van der Waals surface area contributed by atoms with Crippen molar-refractivity contribution in [2.24, 2.45) is 11.8 Å². The number of fused-ring (bicyclic) bond motifs is 1. The third-order valence-corrected chi connectivity index (χ3v) is 6.13. The SMILES string of the molecule is CC(C)[C@H]1CN2C[C@H](C)C(C)(c3cccc(O)c3)C[C@@H]2CN1. The van der Waals surface area contributed by atoms with E-state index in [9.17, 15) is 5.11 Å². The molecule has 2 saturated heterocycles. The molecule has 122 valence electrons. The third-order valence-electron chi connectivity index (χ3n) is 6.13. The monoisotopic (exact) mass is 302 g/mol. The lowest BCUT2D eigenvalue weighted by molar-refractivity contribution is 0.0177. The number of phenols is 1. The fraction of sp³-hybridized carbons (Fsp3) is 0.684. The van der Waals surface area contributed by atoms with Crippen LogP contribution in [0.5, 0.6) is 5.75 Å². The highest BCUT2D eigenvalue weighted by Gasteiger charge is 2.44. The Morgan fingerprint density at radius 2 is 2.09 bits per heavy atom. The molecule has 0 saturated carbocycles. The molecule has 2 fully saturated rings. The first-order chi connectivity index (χ1) is 10.4. The molecule has 0 aromatic heterocycles. The van der Waals surface area contributed by atoms with Crippen LogP contribution >= 0.6 is 0 Å². The van der Waals surface area contributed by atoms with Gasteiger partial charge in [0, 0.05) is 31.7 Å². The largest absolute Gasteiger partial charge is 0.508 e. The summed E-state index contributed by atoms with van der Waals surface area (Å²) in [6, 6.07) is 9.11. The molecule has 0 bridgehead atoms. The van der Waals surface area contributed by atoms with E-state index in [-0.39, 0.29) is 5.41 Å². The highest BCUT2D eigenvalue weighted by atomic mass is 16.3. The van der Waals surface area contributed by atoms with E-state index in [2.05, 4.69) is 44.0 Å². The van der Waals surface area contributed by atoms with Gasteiger partial charge in [-0.3, -0.25) is 4.90 Å². The van der Waals surface area contributed by atoms with Crippen molar-refractivity contribution >= 4 is 0 Å². The second kappa shape index (κ2) is 5.86. The topological polar surface area (TPSA) is 35.5 Å². The number of piperidine rings is 1. The van der Waals surface area contributed by atoms with Crippen LogP contribution in [0.15, 0.2) is 24.3 Å². The van der Waals surface area contributed by atoms with Crippen LogP contribution in [0.1, 0.15) is 39.7 Å². The van der Waals surface area contributed by atoms with E-state index in [0.717, 1.165) is 19.5 Å². The molecule has 2 aliphatic heterocycles. The second-order valence-electron chi connectivity index (χ2n) is 7.94. The Kier molecular flexibility index (Phi) is 4.21. The predicted molar refractivity (Wildman–Crippen MR) is 91.2 cm³/mol. The van der Waals surface area contributed by atoms with Gasteiger partial charge < -0.3 is 10.4 Å². The smallest absolute Gasteiger partial charge is 0.115 e. The van der Waals surface area contributed by atoms with Crippen LogP contribution in [-0.2, 0) is 5.41 Å². The Balaban J connectivity index is 1.80. The summed E-state index contributed by atoms with van der Waals surface area (Å²) >= 11 is 0. The van der Waals surface area contributed by atoms with Crippen LogP contribution in [0.4, 0.5) is 0 Å². The van der Waals surface area contributed by atoms with Gasteiger partial charge in [-0.05, 0) is 41.4 Å². The maximum absolute atomic E-state index is 9.85. The van der Waals surface area contributed by atoms with E-state index >= 15 is 0 Å². The van der Waals surface area contributed by atoms with Crippen molar-refractivity contribution in [3.05, 3.63) is 29.8 Å².